The number of aliphatic imine (C=N–C) groups is 1. The third-order valence-corrected chi connectivity index (χ3v) is 6.78. The normalized spacial score (nSPS) is 25.1. The Morgan fingerprint density at radius 3 is 2.57 bits per heavy atom. The number of benzene rings is 1. The molecule has 124 valence electrons. The number of hydrogen-bond acceptors (Lipinski definition) is 6. The second kappa shape index (κ2) is 6.16. The van der Waals surface area contributed by atoms with Crippen LogP contribution in [0.1, 0.15) is 24.2 Å². The molecular weight excluding hydrogens is 334 g/mol. The number of thioether (sulfide) groups is 1. The maximum absolute atomic E-state index is 11.9. The molecule has 0 radical (unpaired) electrons. The van der Waals surface area contributed by atoms with Crippen LogP contribution in [0.15, 0.2) is 29.3 Å². The van der Waals surface area contributed by atoms with Crippen molar-refractivity contribution >= 4 is 38.4 Å². The average molecular weight is 353 g/mol. The third kappa shape index (κ3) is 3.87. The van der Waals surface area contributed by atoms with Crippen LogP contribution >= 0.6 is 11.8 Å². The van der Waals surface area contributed by atoms with E-state index >= 15 is 0 Å². The molecule has 1 amide bonds. The fraction of sp³-hybridized carbons (Fsp3) is 0.467. The summed E-state index contributed by atoms with van der Waals surface area (Å²) in [5.41, 5.74) is 1.44. The number of carbonyl (C=O) groups is 1. The highest BCUT2D eigenvalue weighted by molar-refractivity contribution is 8.15. The molecule has 1 saturated heterocycles. The number of sulfone groups is 1. The van der Waals surface area contributed by atoms with Crippen LogP contribution in [0.5, 0.6) is 0 Å². The number of carbonyl (C=O) groups excluding carboxylic acids is 1. The first-order valence-electron chi connectivity index (χ1n) is 7.45. The Bertz CT molecular complexity index is 742. The Morgan fingerprint density at radius 1 is 1.26 bits per heavy atom. The zero-order valence-electron chi connectivity index (χ0n) is 12.9. The monoisotopic (exact) mass is 353 g/mol. The van der Waals surface area contributed by atoms with Crippen LogP contribution in [0.4, 0.5) is 5.69 Å². The Labute approximate surface area is 140 Å². The van der Waals surface area contributed by atoms with Gasteiger partial charge in [0.1, 0.15) is 0 Å². The van der Waals surface area contributed by atoms with Crippen molar-refractivity contribution in [2.24, 2.45) is 4.99 Å². The van der Waals surface area contributed by atoms with Gasteiger partial charge in [-0.15, -0.1) is 0 Å². The molecular formula is C15H19N3O3S2. The summed E-state index contributed by atoms with van der Waals surface area (Å²) in [6, 6.07) is 7.12. The molecule has 0 saturated carbocycles. The zero-order valence-corrected chi connectivity index (χ0v) is 14.6. The summed E-state index contributed by atoms with van der Waals surface area (Å²) in [6.07, 6.45) is 0. The summed E-state index contributed by atoms with van der Waals surface area (Å²) in [6.45, 7) is 3.83. The minimum Gasteiger partial charge on any atom is -0.350 e. The Kier molecular flexibility index (Phi) is 4.37. The lowest BCUT2D eigenvalue weighted by molar-refractivity contribution is 0.0943. The van der Waals surface area contributed by atoms with Crippen molar-refractivity contribution in [3.63, 3.8) is 0 Å². The van der Waals surface area contributed by atoms with Gasteiger partial charge in [0, 0.05) is 22.5 Å². The van der Waals surface area contributed by atoms with Gasteiger partial charge in [0.2, 0.25) is 0 Å². The molecule has 0 aromatic heterocycles. The summed E-state index contributed by atoms with van der Waals surface area (Å²) in [5, 5.41) is 6.80. The molecule has 2 aliphatic rings. The van der Waals surface area contributed by atoms with Crippen molar-refractivity contribution in [3.8, 4) is 0 Å². The first kappa shape index (κ1) is 16.3. The van der Waals surface area contributed by atoms with Crippen molar-refractivity contribution in [1.29, 1.82) is 0 Å². The Balaban J connectivity index is 1.63. The maximum atomic E-state index is 11.9. The number of amides is 1. The van der Waals surface area contributed by atoms with E-state index in [1.165, 1.54) is 11.8 Å². The molecule has 1 fully saturated rings. The van der Waals surface area contributed by atoms with E-state index in [-0.39, 0.29) is 34.7 Å². The summed E-state index contributed by atoms with van der Waals surface area (Å²) in [4.78, 5) is 16.3. The Hall–Kier alpha value is -1.54. The van der Waals surface area contributed by atoms with E-state index in [2.05, 4.69) is 15.6 Å². The van der Waals surface area contributed by atoms with Crippen LogP contribution in [-0.2, 0) is 9.84 Å². The maximum Gasteiger partial charge on any atom is 0.251 e. The lowest BCUT2D eigenvalue weighted by Gasteiger charge is -2.10. The molecule has 23 heavy (non-hydrogen) atoms. The van der Waals surface area contributed by atoms with Crippen molar-refractivity contribution in [2.75, 3.05) is 16.8 Å². The molecule has 0 unspecified atom stereocenters. The van der Waals surface area contributed by atoms with Crippen LogP contribution in [0.2, 0.25) is 0 Å². The van der Waals surface area contributed by atoms with Gasteiger partial charge in [-0.05, 0) is 38.1 Å². The van der Waals surface area contributed by atoms with E-state index in [1.807, 2.05) is 26.0 Å². The standard InChI is InChI=1S/C15H19N3O3S2/c1-9(2)16-14(19)10-3-5-11(6-4-10)17-15-18-12-7-23(20,21)8-13(12)22-15/h3-6,9,12-13H,7-8H2,1-2H3,(H,16,19)(H,17,18)/t12-,13+/m1/s1. The van der Waals surface area contributed by atoms with Crippen molar-refractivity contribution in [3.05, 3.63) is 29.8 Å². The van der Waals surface area contributed by atoms with Crippen LogP contribution in [0.25, 0.3) is 0 Å². The minimum atomic E-state index is -2.93. The predicted octanol–water partition coefficient (Wildman–Crippen LogP) is 1.51. The second-order valence-corrected chi connectivity index (χ2v) is 9.45. The first-order chi connectivity index (χ1) is 10.8. The summed E-state index contributed by atoms with van der Waals surface area (Å²) >= 11 is 1.48. The molecule has 1 aromatic rings. The van der Waals surface area contributed by atoms with Crippen LogP contribution in [-0.4, -0.2) is 48.3 Å². The molecule has 8 heteroatoms. The molecule has 3 rings (SSSR count). The molecule has 2 aliphatic heterocycles. The number of nitrogens with one attached hydrogen (secondary N) is 2. The van der Waals surface area contributed by atoms with Crippen molar-refractivity contribution in [2.45, 2.75) is 31.2 Å². The number of anilines is 1. The van der Waals surface area contributed by atoms with E-state index in [4.69, 9.17) is 0 Å². The predicted molar refractivity (Wildman–Crippen MR) is 93.9 cm³/mol. The molecule has 0 aliphatic carbocycles. The molecule has 2 heterocycles. The number of fused-ring (bicyclic) bond motifs is 1. The van der Waals surface area contributed by atoms with Gasteiger partial charge in [0.05, 0.1) is 17.5 Å². The van der Waals surface area contributed by atoms with Gasteiger partial charge >= 0.3 is 0 Å². The minimum absolute atomic E-state index is 0.0265. The van der Waals surface area contributed by atoms with Gasteiger partial charge in [0.25, 0.3) is 5.91 Å². The molecule has 2 atom stereocenters. The quantitative estimate of drug-likeness (QED) is 0.860. The van der Waals surface area contributed by atoms with Crippen molar-refractivity contribution in [1.82, 2.24) is 5.32 Å². The SMILES string of the molecule is CC(C)NC(=O)c1ccc(NC2=N[C@@H]3CS(=O)(=O)C[C@@H]3S2)cc1. The number of amidine groups is 1. The van der Waals surface area contributed by atoms with Gasteiger partial charge in [-0.2, -0.15) is 0 Å². The first-order valence-corrected chi connectivity index (χ1v) is 10.2. The fourth-order valence-electron chi connectivity index (χ4n) is 2.59. The zero-order chi connectivity index (χ0) is 16.6. The van der Waals surface area contributed by atoms with E-state index in [0.717, 1.165) is 10.9 Å². The number of hydrogen-bond donors (Lipinski definition) is 2. The van der Waals surface area contributed by atoms with E-state index in [0.29, 0.717) is 5.56 Å². The topological polar surface area (TPSA) is 87.6 Å². The van der Waals surface area contributed by atoms with Crippen LogP contribution < -0.4 is 10.6 Å². The number of nitrogens with zero attached hydrogens (tertiary/aromatic N) is 1. The highest BCUT2D eigenvalue weighted by atomic mass is 32.2. The molecule has 2 N–H and O–H groups in total. The van der Waals surface area contributed by atoms with Crippen molar-refractivity contribution < 1.29 is 13.2 Å². The van der Waals surface area contributed by atoms with Gasteiger partial charge in [0.15, 0.2) is 15.0 Å². The Morgan fingerprint density at radius 2 is 1.96 bits per heavy atom. The highest BCUT2D eigenvalue weighted by Gasteiger charge is 2.42. The second-order valence-electron chi connectivity index (χ2n) is 6.07. The van der Waals surface area contributed by atoms with Gasteiger partial charge < -0.3 is 10.6 Å². The van der Waals surface area contributed by atoms with Gasteiger partial charge in [-0.1, -0.05) is 11.8 Å². The van der Waals surface area contributed by atoms with Gasteiger partial charge in [-0.25, -0.2) is 8.42 Å². The molecule has 6 nitrogen and oxygen atoms in total. The summed E-state index contributed by atoms with van der Waals surface area (Å²) in [5.74, 6) is 0.244. The highest BCUT2D eigenvalue weighted by Crippen LogP contribution is 2.34. The average Bonchev–Trinajstić information content (AvgIpc) is 2.91. The molecule has 1 aromatic carbocycles. The van der Waals surface area contributed by atoms with E-state index in [9.17, 15) is 13.2 Å². The molecule has 0 spiro atoms. The van der Waals surface area contributed by atoms with Crippen LogP contribution in [0, 0.1) is 0 Å². The van der Waals surface area contributed by atoms with Gasteiger partial charge in [-0.3, -0.25) is 9.79 Å². The smallest absolute Gasteiger partial charge is 0.251 e. The summed E-state index contributed by atoms with van der Waals surface area (Å²) < 4.78 is 23.1. The fourth-order valence-corrected chi connectivity index (χ4v) is 6.27. The largest absolute Gasteiger partial charge is 0.350 e. The van der Waals surface area contributed by atoms with E-state index < -0.39 is 9.84 Å². The lowest BCUT2D eigenvalue weighted by atomic mass is 10.2. The summed E-state index contributed by atoms with van der Waals surface area (Å²) in [7, 11) is -2.93. The molecule has 0 bridgehead atoms. The lowest BCUT2D eigenvalue weighted by Crippen LogP contribution is -2.29. The third-order valence-electron chi connectivity index (χ3n) is 3.64. The van der Waals surface area contributed by atoms with Crippen LogP contribution in [0.3, 0.4) is 0 Å². The number of rotatable bonds is 3. The van der Waals surface area contributed by atoms with E-state index in [1.54, 1.807) is 12.1 Å².